The van der Waals surface area contributed by atoms with Crippen LogP contribution in [0.2, 0.25) is 0 Å². The van der Waals surface area contributed by atoms with Crippen LogP contribution in [0.4, 0.5) is 5.69 Å². The number of hydrogen-bond acceptors (Lipinski definition) is 3. The molecule has 0 bridgehead atoms. The summed E-state index contributed by atoms with van der Waals surface area (Å²) in [5.74, 6) is 1.29. The molecule has 1 N–H and O–H groups in total. The lowest BCUT2D eigenvalue weighted by Crippen LogP contribution is -2.48. The first kappa shape index (κ1) is 18.3. The summed E-state index contributed by atoms with van der Waals surface area (Å²) in [5.41, 5.74) is 0.0934. The molecule has 23 heavy (non-hydrogen) atoms. The van der Waals surface area contributed by atoms with E-state index < -0.39 is 5.60 Å². The summed E-state index contributed by atoms with van der Waals surface area (Å²) in [6.07, 6.45) is 3.79. The Bertz CT molecular complexity index is 501. The number of anilines is 1. The minimum Gasteiger partial charge on any atom is -0.493 e. The maximum absolute atomic E-state index is 12.8. The topological polar surface area (TPSA) is 47.6 Å². The number of rotatable bonds is 7. The smallest absolute Gasteiger partial charge is 0.256 e. The summed E-state index contributed by atoms with van der Waals surface area (Å²) in [4.78, 5) is 12.8. The standard InChI is InChI=1S/C18H26BrNO3/c1-3-23-18(10-4-5-14(2)13-18)17(21)20-15-6-8-16(9-7-15)22-12-11-19/h6-9,14H,3-5,10-13H2,1-2H3,(H,20,21)/t14-,18-/m1/s1. The van der Waals surface area contributed by atoms with Gasteiger partial charge in [0.1, 0.15) is 11.4 Å². The molecule has 4 nitrogen and oxygen atoms in total. The summed E-state index contributed by atoms with van der Waals surface area (Å²) in [7, 11) is 0. The summed E-state index contributed by atoms with van der Waals surface area (Å²) >= 11 is 3.33. The van der Waals surface area contributed by atoms with Crippen molar-refractivity contribution in [1.29, 1.82) is 0 Å². The van der Waals surface area contributed by atoms with Gasteiger partial charge in [0.05, 0.1) is 6.61 Å². The van der Waals surface area contributed by atoms with Crippen LogP contribution in [0.3, 0.4) is 0 Å². The van der Waals surface area contributed by atoms with Gasteiger partial charge >= 0.3 is 0 Å². The zero-order valence-corrected chi connectivity index (χ0v) is 15.5. The zero-order chi connectivity index (χ0) is 16.7. The predicted octanol–water partition coefficient (Wildman–Crippen LogP) is 4.38. The lowest BCUT2D eigenvalue weighted by atomic mass is 9.78. The van der Waals surface area contributed by atoms with Gasteiger partial charge in [-0.3, -0.25) is 4.79 Å². The molecule has 1 aromatic carbocycles. The molecule has 128 valence electrons. The van der Waals surface area contributed by atoms with Crippen LogP contribution in [0, 0.1) is 5.92 Å². The quantitative estimate of drug-likeness (QED) is 0.710. The number of amides is 1. The summed E-state index contributed by atoms with van der Waals surface area (Å²) in [6.45, 7) is 5.32. The van der Waals surface area contributed by atoms with Crippen LogP contribution in [-0.2, 0) is 9.53 Å². The summed E-state index contributed by atoms with van der Waals surface area (Å²) < 4.78 is 11.4. The van der Waals surface area contributed by atoms with Gasteiger partial charge < -0.3 is 14.8 Å². The van der Waals surface area contributed by atoms with Crippen molar-refractivity contribution in [1.82, 2.24) is 0 Å². The number of alkyl halides is 1. The highest BCUT2D eigenvalue weighted by Crippen LogP contribution is 2.36. The van der Waals surface area contributed by atoms with Gasteiger partial charge in [-0.2, -0.15) is 0 Å². The summed E-state index contributed by atoms with van der Waals surface area (Å²) in [5, 5.41) is 3.80. The largest absolute Gasteiger partial charge is 0.493 e. The van der Waals surface area contributed by atoms with E-state index in [4.69, 9.17) is 9.47 Å². The van der Waals surface area contributed by atoms with Gasteiger partial charge in [-0.05, 0) is 56.4 Å². The van der Waals surface area contributed by atoms with Crippen LogP contribution in [0.15, 0.2) is 24.3 Å². The predicted molar refractivity (Wildman–Crippen MR) is 96.3 cm³/mol. The van der Waals surface area contributed by atoms with Crippen molar-refractivity contribution in [3.63, 3.8) is 0 Å². The average Bonchev–Trinajstić information content (AvgIpc) is 2.54. The molecule has 1 saturated carbocycles. The van der Waals surface area contributed by atoms with Gasteiger partial charge in [-0.1, -0.05) is 29.3 Å². The minimum absolute atomic E-state index is 0.0278. The number of carbonyl (C=O) groups excluding carboxylic acids is 1. The third-order valence-electron chi connectivity index (χ3n) is 4.25. The zero-order valence-electron chi connectivity index (χ0n) is 13.9. The number of benzene rings is 1. The molecule has 1 amide bonds. The van der Waals surface area contributed by atoms with Crippen LogP contribution < -0.4 is 10.1 Å². The molecule has 2 rings (SSSR count). The van der Waals surface area contributed by atoms with E-state index in [0.717, 1.165) is 36.0 Å². The van der Waals surface area contributed by atoms with Crippen molar-refractivity contribution in [2.45, 2.75) is 45.1 Å². The molecule has 0 unspecified atom stereocenters. The Kier molecular flexibility index (Phi) is 6.90. The molecule has 1 aliphatic carbocycles. The van der Waals surface area contributed by atoms with Crippen molar-refractivity contribution in [2.75, 3.05) is 23.9 Å². The Morgan fingerprint density at radius 3 is 2.74 bits per heavy atom. The fourth-order valence-corrected chi connectivity index (χ4v) is 3.38. The van der Waals surface area contributed by atoms with Crippen molar-refractivity contribution < 1.29 is 14.3 Å². The van der Waals surface area contributed by atoms with E-state index in [1.807, 2.05) is 31.2 Å². The number of nitrogens with one attached hydrogen (secondary N) is 1. The van der Waals surface area contributed by atoms with Crippen LogP contribution >= 0.6 is 15.9 Å². The SMILES string of the molecule is CCO[C@]1(C(=O)Nc2ccc(OCCBr)cc2)CCC[C@@H](C)C1. The molecule has 2 atom stereocenters. The molecule has 1 fully saturated rings. The highest BCUT2D eigenvalue weighted by molar-refractivity contribution is 9.09. The van der Waals surface area contributed by atoms with E-state index in [-0.39, 0.29) is 5.91 Å². The van der Waals surface area contributed by atoms with Crippen molar-refractivity contribution >= 4 is 27.5 Å². The molecule has 5 heteroatoms. The van der Waals surface area contributed by atoms with E-state index >= 15 is 0 Å². The van der Waals surface area contributed by atoms with Gasteiger partial charge in [0.25, 0.3) is 5.91 Å². The normalized spacial score (nSPS) is 24.2. The number of hydrogen-bond donors (Lipinski definition) is 1. The second-order valence-electron chi connectivity index (χ2n) is 6.14. The van der Waals surface area contributed by atoms with Crippen LogP contribution in [0.25, 0.3) is 0 Å². The van der Waals surface area contributed by atoms with E-state index in [9.17, 15) is 4.79 Å². The first-order valence-electron chi connectivity index (χ1n) is 8.34. The maximum Gasteiger partial charge on any atom is 0.256 e. The molecule has 0 heterocycles. The fraction of sp³-hybridized carbons (Fsp3) is 0.611. The Morgan fingerprint density at radius 1 is 1.39 bits per heavy atom. The molecule has 0 aliphatic heterocycles. The van der Waals surface area contributed by atoms with Crippen molar-refractivity contribution in [2.24, 2.45) is 5.92 Å². The van der Waals surface area contributed by atoms with Gasteiger partial charge in [0, 0.05) is 17.6 Å². The number of ether oxygens (including phenoxy) is 2. The first-order chi connectivity index (χ1) is 11.1. The second-order valence-corrected chi connectivity index (χ2v) is 6.94. The molecule has 1 aromatic rings. The average molecular weight is 384 g/mol. The number of halogens is 1. The van der Waals surface area contributed by atoms with E-state index in [2.05, 4.69) is 28.2 Å². The lowest BCUT2D eigenvalue weighted by Gasteiger charge is -2.38. The molecule has 0 aromatic heterocycles. The minimum atomic E-state index is -0.683. The third kappa shape index (κ3) is 4.95. The van der Waals surface area contributed by atoms with Crippen molar-refractivity contribution in [3.8, 4) is 5.75 Å². The summed E-state index contributed by atoms with van der Waals surface area (Å²) in [6, 6.07) is 7.48. The lowest BCUT2D eigenvalue weighted by molar-refractivity contribution is -0.147. The molecular formula is C18H26BrNO3. The Labute approximate surface area is 147 Å². The van der Waals surface area contributed by atoms with Gasteiger partial charge in [-0.15, -0.1) is 0 Å². The Morgan fingerprint density at radius 2 is 2.13 bits per heavy atom. The van der Waals surface area contributed by atoms with Gasteiger partial charge in [0.2, 0.25) is 0 Å². The Balaban J connectivity index is 2.03. The molecule has 0 radical (unpaired) electrons. The molecule has 0 saturated heterocycles. The number of carbonyl (C=O) groups is 1. The fourth-order valence-electron chi connectivity index (χ4n) is 3.22. The molecule has 0 spiro atoms. The Hall–Kier alpha value is -1.07. The van der Waals surface area contributed by atoms with Crippen LogP contribution in [0.1, 0.15) is 39.5 Å². The maximum atomic E-state index is 12.8. The monoisotopic (exact) mass is 383 g/mol. The highest BCUT2D eigenvalue weighted by atomic mass is 79.9. The van der Waals surface area contributed by atoms with E-state index in [1.165, 1.54) is 6.42 Å². The second kappa shape index (κ2) is 8.69. The highest BCUT2D eigenvalue weighted by Gasteiger charge is 2.42. The van der Waals surface area contributed by atoms with Gasteiger partial charge in [0.15, 0.2) is 0 Å². The van der Waals surface area contributed by atoms with E-state index in [0.29, 0.717) is 19.1 Å². The van der Waals surface area contributed by atoms with E-state index in [1.54, 1.807) is 0 Å². The van der Waals surface area contributed by atoms with Crippen LogP contribution in [-0.4, -0.2) is 30.1 Å². The van der Waals surface area contributed by atoms with Crippen LogP contribution in [0.5, 0.6) is 5.75 Å². The molecular weight excluding hydrogens is 358 g/mol. The van der Waals surface area contributed by atoms with Crippen molar-refractivity contribution in [3.05, 3.63) is 24.3 Å². The van der Waals surface area contributed by atoms with Gasteiger partial charge in [-0.25, -0.2) is 0 Å². The first-order valence-corrected chi connectivity index (χ1v) is 9.46. The third-order valence-corrected chi connectivity index (χ3v) is 4.57. The molecule has 1 aliphatic rings.